The van der Waals surface area contributed by atoms with Gasteiger partial charge in [-0.3, -0.25) is 14.3 Å². The van der Waals surface area contributed by atoms with Crippen molar-refractivity contribution in [2.75, 3.05) is 19.9 Å². The maximum Gasteiger partial charge on any atom is 0.231 e. The molecule has 166 valence electrons. The number of benzene rings is 2. The number of primary amides is 1. The largest absolute Gasteiger partial charge is 0.454 e. The fraction of sp³-hybridized carbons (Fsp3) is 0.348. The van der Waals surface area contributed by atoms with E-state index in [1.54, 1.807) is 0 Å². The van der Waals surface area contributed by atoms with Crippen molar-refractivity contribution in [1.82, 2.24) is 19.2 Å². The van der Waals surface area contributed by atoms with Gasteiger partial charge in [0.15, 0.2) is 22.1 Å². The Hall–Kier alpha value is -3.17. The fourth-order valence-corrected chi connectivity index (χ4v) is 4.50. The molecular formula is C23H25N5O3S. The summed E-state index contributed by atoms with van der Waals surface area (Å²) in [7, 11) is 0. The first-order chi connectivity index (χ1) is 15.6. The lowest BCUT2D eigenvalue weighted by atomic mass is 9.97. The van der Waals surface area contributed by atoms with Crippen LogP contribution >= 0.6 is 12.2 Å². The Balaban J connectivity index is 1.44. The average molecular weight is 452 g/mol. The smallest absolute Gasteiger partial charge is 0.231 e. The van der Waals surface area contributed by atoms with Crippen LogP contribution in [0, 0.1) is 10.7 Å². The first-order valence-corrected chi connectivity index (χ1v) is 11.1. The zero-order chi connectivity index (χ0) is 22.1. The highest BCUT2D eigenvalue weighted by molar-refractivity contribution is 7.71. The first kappa shape index (κ1) is 20.7. The quantitative estimate of drug-likeness (QED) is 0.580. The highest BCUT2D eigenvalue weighted by Gasteiger charge is 2.24. The summed E-state index contributed by atoms with van der Waals surface area (Å²) in [5, 5.41) is 4.88. The lowest BCUT2D eigenvalue weighted by molar-refractivity contribution is -0.123. The summed E-state index contributed by atoms with van der Waals surface area (Å²) < 4.78 is 15.5. The van der Waals surface area contributed by atoms with Gasteiger partial charge in [0, 0.05) is 24.6 Å². The second kappa shape index (κ2) is 8.76. The number of amides is 1. The number of rotatable bonds is 6. The van der Waals surface area contributed by atoms with Crippen LogP contribution in [-0.2, 0) is 18.0 Å². The van der Waals surface area contributed by atoms with Crippen LogP contribution in [0.25, 0.3) is 11.4 Å². The van der Waals surface area contributed by atoms with E-state index in [1.807, 2.05) is 53.2 Å². The van der Waals surface area contributed by atoms with Gasteiger partial charge in [0.1, 0.15) is 0 Å². The van der Waals surface area contributed by atoms with Crippen molar-refractivity contribution in [1.29, 1.82) is 0 Å². The highest BCUT2D eigenvalue weighted by atomic mass is 32.1. The first-order valence-electron chi connectivity index (χ1n) is 10.7. The van der Waals surface area contributed by atoms with Crippen molar-refractivity contribution in [3.05, 3.63) is 58.9 Å². The van der Waals surface area contributed by atoms with Gasteiger partial charge in [-0.25, -0.2) is 4.68 Å². The van der Waals surface area contributed by atoms with Crippen LogP contribution in [0.3, 0.4) is 0 Å². The molecule has 2 N–H and O–H groups in total. The molecule has 3 heterocycles. The number of carbonyl (C=O) groups is 1. The van der Waals surface area contributed by atoms with Crippen LogP contribution in [0.4, 0.5) is 0 Å². The Morgan fingerprint density at radius 3 is 2.59 bits per heavy atom. The number of piperidine rings is 1. The Morgan fingerprint density at radius 2 is 1.84 bits per heavy atom. The molecule has 5 rings (SSSR count). The molecule has 32 heavy (non-hydrogen) atoms. The van der Waals surface area contributed by atoms with Gasteiger partial charge in [0.25, 0.3) is 0 Å². The monoisotopic (exact) mass is 451 g/mol. The Kier molecular flexibility index (Phi) is 5.67. The zero-order valence-electron chi connectivity index (χ0n) is 17.6. The highest BCUT2D eigenvalue weighted by Crippen LogP contribution is 2.33. The third kappa shape index (κ3) is 4.13. The second-order valence-electron chi connectivity index (χ2n) is 8.18. The van der Waals surface area contributed by atoms with Crippen molar-refractivity contribution >= 4 is 18.1 Å². The molecule has 1 fully saturated rings. The van der Waals surface area contributed by atoms with Crippen molar-refractivity contribution < 1.29 is 14.3 Å². The predicted molar refractivity (Wildman–Crippen MR) is 122 cm³/mol. The maximum absolute atomic E-state index is 11.5. The van der Waals surface area contributed by atoms with Crippen LogP contribution in [0.5, 0.6) is 11.5 Å². The molecule has 0 atom stereocenters. The van der Waals surface area contributed by atoms with Crippen molar-refractivity contribution in [2.24, 2.45) is 11.7 Å². The van der Waals surface area contributed by atoms with Crippen molar-refractivity contribution in [3.63, 3.8) is 0 Å². The molecule has 2 aromatic carbocycles. The summed E-state index contributed by atoms with van der Waals surface area (Å²) in [5.74, 6) is 2.08. The van der Waals surface area contributed by atoms with E-state index in [9.17, 15) is 4.79 Å². The molecule has 0 radical (unpaired) electrons. The third-order valence-electron chi connectivity index (χ3n) is 6.06. The standard InChI is InChI=1S/C23H25N5O3S/c24-21(29)17-8-10-26(11-9-17)14-28-23(32)27(22(25-28)18-4-2-1-3-5-18)13-16-6-7-19-20(12-16)31-15-30-19/h1-7,12,17H,8-11,13-15H2,(H2,24,29). The number of likely N-dealkylation sites (tertiary alicyclic amines) is 1. The minimum absolute atomic E-state index is 0.0392. The molecule has 3 aromatic rings. The molecule has 0 unspecified atom stereocenters. The van der Waals surface area contributed by atoms with Gasteiger partial charge in [0.05, 0.1) is 13.2 Å². The summed E-state index contributed by atoms with van der Waals surface area (Å²) in [4.78, 5) is 13.7. The lowest BCUT2D eigenvalue weighted by Gasteiger charge is -2.30. The van der Waals surface area contributed by atoms with E-state index in [0.29, 0.717) is 18.0 Å². The number of carbonyl (C=O) groups excluding carboxylic acids is 1. The lowest BCUT2D eigenvalue weighted by Crippen LogP contribution is -2.39. The summed E-state index contributed by atoms with van der Waals surface area (Å²) in [6, 6.07) is 16.0. The molecule has 1 aromatic heterocycles. The summed E-state index contributed by atoms with van der Waals surface area (Å²) >= 11 is 5.85. The Labute approximate surface area is 191 Å². The number of nitrogens with two attached hydrogens (primary N) is 1. The van der Waals surface area contributed by atoms with E-state index in [2.05, 4.69) is 9.47 Å². The molecule has 0 spiro atoms. The fourth-order valence-electron chi connectivity index (χ4n) is 4.25. The Bertz CT molecular complexity index is 1180. The van der Waals surface area contributed by atoms with E-state index in [0.717, 1.165) is 54.4 Å². The molecule has 1 amide bonds. The van der Waals surface area contributed by atoms with Gasteiger partial charge in [-0.15, -0.1) is 0 Å². The van der Waals surface area contributed by atoms with Crippen molar-refractivity contribution in [2.45, 2.75) is 26.1 Å². The average Bonchev–Trinajstić information content (AvgIpc) is 3.40. The zero-order valence-corrected chi connectivity index (χ0v) is 18.5. The Morgan fingerprint density at radius 1 is 1.09 bits per heavy atom. The van der Waals surface area contributed by atoms with Gasteiger partial charge < -0.3 is 15.2 Å². The molecule has 0 bridgehead atoms. The van der Waals surface area contributed by atoms with E-state index in [4.69, 9.17) is 32.5 Å². The van der Waals surface area contributed by atoms with Crippen LogP contribution < -0.4 is 15.2 Å². The van der Waals surface area contributed by atoms with Gasteiger partial charge in [-0.05, 0) is 42.8 Å². The summed E-state index contributed by atoms with van der Waals surface area (Å²) in [6.07, 6.45) is 1.54. The normalized spacial score (nSPS) is 16.4. The third-order valence-corrected chi connectivity index (χ3v) is 6.49. The van der Waals surface area contributed by atoms with E-state index in [1.165, 1.54) is 0 Å². The van der Waals surface area contributed by atoms with Crippen LogP contribution in [0.15, 0.2) is 48.5 Å². The predicted octanol–water partition coefficient (Wildman–Crippen LogP) is 3.01. The number of aromatic nitrogens is 3. The molecule has 0 aliphatic carbocycles. The minimum atomic E-state index is -0.208. The van der Waals surface area contributed by atoms with E-state index in [-0.39, 0.29) is 18.6 Å². The second-order valence-corrected chi connectivity index (χ2v) is 8.55. The molecule has 0 saturated carbocycles. The maximum atomic E-state index is 11.5. The molecule has 8 nitrogen and oxygen atoms in total. The van der Waals surface area contributed by atoms with Gasteiger partial charge >= 0.3 is 0 Å². The van der Waals surface area contributed by atoms with E-state index < -0.39 is 0 Å². The molecular weight excluding hydrogens is 426 g/mol. The number of ether oxygens (including phenoxy) is 2. The molecule has 2 aliphatic heterocycles. The topological polar surface area (TPSA) is 87.5 Å². The van der Waals surface area contributed by atoms with Crippen LogP contribution in [0.2, 0.25) is 0 Å². The minimum Gasteiger partial charge on any atom is -0.454 e. The van der Waals surface area contributed by atoms with Crippen LogP contribution in [0.1, 0.15) is 18.4 Å². The number of fused-ring (bicyclic) bond motifs is 1. The molecule has 1 saturated heterocycles. The number of hydrogen-bond donors (Lipinski definition) is 1. The van der Waals surface area contributed by atoms with Crippen LogP contribution in [-0.4, -0.2) is 45.0 Å². The van der Waals surface area contributed by atoms with Crippen molar-refractivity contribution in [3.8, 4) is 22.9 Å². The summed E-state index contributed by atoms with van der Waals surface area (Å²) in [5.41, 5.74) is 7.54. The molecule has 2 aliphatic rings. The summed E-state index contributed by atoms with van der Waals surface area (Å²) in [6.45, 7) is 3.00. The van der Waals surface area contributed by atoms with Gasteiger partial charge in [-0.2, -0.15) is 5.10 Å². The van der Waals surface area contributed by atoms with Gasteiger partial charge in [0.2, 0.25) is 12.7 Å². The number of hydrogen-bond acceptors (Lipinski definition) is 6. The van der Waals surface area contributed by atoms with Gasteiger partial charge in [-0.1, -0.05) is 36.4 Å². The SMILES string of the molecule is NC(=O)C1CCN(Cn2nc(-c3ccccc3)n(Cc3ccc4c(c3)OCO4)c2=S)CC1. The molecule has 9 heteroatoms. The number of nitrogens with zero attached hydrogens (tertiary/aromatic N) is 4. The van der Waals surface area contributed by atoms with E-state index >= 15 is 0 Å².